The Morgan fingerprint density at radius 1 is 0.862 bits per heavy atom. The van der Waals surface area contributed by atoms with E-state index in [0.29, 0.717) is 18.4 Å². The van der Waals surface area contributed by atoms with Crippen LogP contribution in [0.2, 0.25) is 0 Å². The van der Waals surface area contributed by atoms with E-state index in [1.165, 1.54) is 0 Å². The molecular weight excluding hydrogens is 368 g/mol. The van der Waals surface area contributed by atoms with Crippen molar-refractivity contribution in [2.75, 3.05) is 26.2 Å². The highest BCUT2D eigenvalue weighted by atomic mass is 16.2. The van der Waals surface area contributed by atoms with Crippen molar-refractivity contribution in [1.29, 1.82) is 0 Å². The highest BCUT2D eigenvalue weighted by Gasteiger charge is 2.14. The van der Waals surface area contributed by atoms with Gasteiger partial charge in [-0.05, 0) is 31.1 Å². The second kappa shape index (κ2) is 15.6. The lowest BCUT2D eigenvalue weighted by Crippen LogP contribution is -2.41. The average Bonchev–Trinajstić information content (AvgIpc) is 2.70. The molecule has 0 aliphatic heterocycles. The standard InChI is InChI=1S/C22H40N4O3/c1-6-14-24-20(28)16-26-21(29)17-25-19(27)11-9-8-10-15-23-18(3)12-13-22(4,5)7-2/h6,23H,1,3,7-17H2,2,4-5H3,(H,24,28)(H,25,27)(H,26,29). The van der Waals surface area contributed by atoms with Crippen LogP contribution in [0.4, 0.5) is 0 Å². The Hall–Kier alpha value is -2.31. The SMILES string of the molecule is C=CCNC(=O)CNC(=O)CNC(=O)CCCCCNC(=C)CCC(C)(C)CC. The molecule has 0 aliphatic rings. The quantitative estimate of drug-likeness (QED) is 0.219. The zero-order valence-corrected chi connectivity index (χ0v) is 18.5. The van der Waals surface area contributed by atoms with Gasteiger partial charge < -0.3 is 21.3 Å². The molecule has 0 aliphatic carbocycles. The first kappa shape index (κ1) is 26.7. The maximum Gasteiger partial charge on any atom is 0.239 e. The number of rotatable bonds is 17. The Balaban J connectivity index is 3.65. The lowest BCUT2D eigenvalue weighted by atomic mass is 9.85. The molecule has 0 heterocycles. The van der Waals surface area contributed by atoms with Crippen LogP contribution in [0, 0.1) is 5.41 Å². The maximum atomic E-state index is 11.8. The summed E-state index contributed by atoms with van der Waals surface area (Å²) in [6.45, 7) is 15.3. The molecule has 7 nitrogen and oxygen atoms in total. The van der Waals surface area contributed by atoms with Crippen molar-refractivity contribution in [3.05, 3.63) is 24.9 Å². The van der Waals surface area contributed by atoms with E-state index in [2.05, 4.69) is 55.2 Å². The van der Waals surface area contributed by atoms with Gasteiger partial charge in [0.25, 0.3) is 0 Å². The number of amides is 3. The molecule has 0 unspecified atom stereocenters. The molecule has 0 spiro atoms. The van der Waals surface area contributed by atoms with Crippen LogP contribution in [0.5, 0.6) is 0 Å². The third-order valence-corrected chi connectivity index (χ3v) is 4.85. The molecule has 0 saturated carbocycles. The van der Waals surface area contributed by atoms with Crippen LogP contribution < -0.4 is 21.3 Å². The van der Waals surface area contributed by atoms with Crippen LogP contribution in [0.25, 0.3) is 0 Å². The van der Waals surface area contributed by atoms with Gasteiger partial charge in [-0.15, -0.1) is 6.58 Å². The second-order valence-electron chi connectivity index (χ2n) is 8.00. The molecule has 0 bridgehead atoms. The lowest BCUT2D eigenvalue weighted by molar-refractivity contribution is -0.127. The number of hydrogen-bond donors (Lipinski definition) is 4. The van der Waals surface area contributed by atoms with E-state index in [4.69, 9.17) is 0 Å². The van der Waals surface area contributed by atoms with Gasteiger partial charge in [0.15, 0.2) is 0 Å². The lowest BCUT2D eigenvalue weighted by Gasteiger charge is -2.23. The summed E-state index contributed by atoms with van der Waals surface area (Å²) in [6.07, 6.45) is 7.90. The van der Waals surface area contributed by atoms with E-state index < -0.39 is 0 Å². The summed E-state index contributed by atoms with van der Waals surface area (Å²) in [5.74, 6) is -0.841. The predicted octanol–water partition coefficient (Wildman–Crippen LogP) is 2.40. The number of unbranched alkanes of at least 4 members (excludes halogenated alkanes) is 2. The van der Waals surface area contributed by atoms with Gasteiger partial charge in [0.05, 0.1) is 13.1 Å². The summed E-state index contributed by atoms with van der Waals surface area (Å²) in [5.41, 5.74) is 1.43. The third-order valence-electron chi connectivity index (χ3n) is 4.85. The minimum atomic E-state index is -0.388. The van der Waals surface area contributed by atoms with Crippen LogP contribution in [-0.4, -0.2) is 43.9 Å². The minimum absolute atomic E-state index is 0.114. The van der Waals surface area contributed by atoms with Crippen molar-refractivity contribution >= 4 is 17.7 Å². The zero-order valence-electron chi connectivity index (χ0n) is 18.5. The number of carbonyl (C=O) groups is 3. The van der Waals surface area contributed by atoms with Crippen molar-refractivity contribution in [1.82, 2.24) is 21.3 Å². The van der Waals surface area contributed by atoms with E-state index in [9.17, 15) is 14.4 Å². The van der Waals surface area contributed by atoms with Gasteiger partial charge in [0.2, 0.25) is 17.7 Å². The maximum absolute atomic E-state index is 11.8. The number of hydrogen-bond acceptors (Lipinski definition) is 4. The van der Waals surface area contributed by atoms with Gasteiger partial charge >= 0.3 is 0 Å². The van der Waals surface area contributed by atoms with Crippen molar-refractivity contribution in [3.8, 4) is 0 Å². The highest BCUT2D eigenvalue weighted by molar-refractivity contribution is 5.88. The van der Waals surface area contributed by atoms with E-state index in [1.807, 2.05) is 0 Å². The Labute approximate surface area is 176 Å². The van der Waals surface area contributed by atoms with Crippen molar-refractivity contribution in [3.63, 3.8) is 0 Å². The summed E-state index contributed by atoms with van der Waals surface area (Å²) in [7, 11) is 0. The van der Waals surface area contributed by atoms with Gasteiger partial charge in [0.1, 0.15) is 0 Å². The largest absolute Gasteiger partial charge is 0.389 e. The molecule has 0 rings (SSSR count). The van der Waals surface area contributed by atoms with E-state index in [1.54, 1.807) is 6.08 Å². The first-order chi connectivity index (χ1) is 13.7. The predicted molar refractivity (Wildman–Crippen MR) is 118 cm³/mol. The summed E-state index contributed by atoms with van der Waals surface area (Å²) in [5, 5.41) is 10.9. The first-order valence-electron chi connectivity index (χ1n) is 10.5. The average molecular weight is 409 g/mol. The Morgan fingerprint density at radius 2 is 1.48 bits per heavy atom. The zero-order chi connectivity index (χ0) is 22.1. The van der Waals surface area contributed by atoms with Gasteiger partial charge in [-0.25, -0.2) is 0 Å². The minimum Gasteiger partial charge on any atom is -0.389 e. The van der Waals surface area contributed by atoms with Crippen molar-refractivity contribution in [2.24, 2.45) is 5.41 Å². The molecule has 0 aromatic rings. The summed E-state index contributed by atoms with van der Waals surface area (Å²) in [6, 6.07) is 0. The molecule has 4 N–H and O–H groups in total. The molecule has 0 atom stereocenters. The summed E-state index contributed by atoms with van der Waals surface area (Å²) < 4.78 is 0. The monoisotopic (exact) mass is 408 g/mol. The van der Waals surface area contributed by atoms with E-state index in [-0.39, 0.29) is 30.8 Å². The Morgan fingerprint density at radius 3 is 2.10 bits per heavy atom. The van der Waals surface area contributed by atoms with Crippen LogP contribution in [0.3, 0.4) is 0 Å². The van der Waals surface area contributed by atoms with Crippen LogP contribution in [0.15, 0.2) is 24.9 Å². The Bertz CT molecular complexity index is 544. The molecule has 0 aromatic carbocycles. The summed E-state index contributed by atoms with van der Waals surface area (Å²) >= 11 is 0. The fraction of sp³-hybridized carbons (Fsp3) is 0.682. The van der Waals surface area contributed by atoms with Crippen molar-refractivity contribution in [2.45, 2.75) is 65.7 Å². The first-order valence-corrected chi connectivity index (χ1v) is 10.5. The number of carbonyl (C=O) groups excluding carboxylic acids is 3. The molecule has 0 saturated heterocycles. The van der Waals surface area contributed by atoms with Gasteiger partial charge in [-0.1, -0.05) is 46.3 Å². The molecule has 0 aromatic heterocycles. The second-order valence-corrected chi connectivity index (χ2v) is 8.00. The van der Waals surface area contributed by atoms with Gasteiger partial charge in [0, 0.05) is 25.2 Å². The van der Waals surface area contributed by atoms with Crippen molar-refractivity contribution < 1.29 is 14.4 Å². The fourth-order valence-electron chi connectivity index (χ4n) is 2.36. The molecule has 166 valence electrons. The fourth-order valence-corrected chi connectivity index (χ4v) is 2.36. The van der Waals surface area contributed by atoms with Crippen LogP contribution in [0.1, 0.15) is 65.7 Å². The number of nitrogens with one attached hydrogen (secondary N) is 4. The molecule has 0 fully saturated rings. The van der Waals surface area contributed by atoms with E-state index in [0.717, 1.165) is 50.8 Å². The molecule has 3 amide bonds. The smallest absolute Gasteiger partial charge is 0.239 e. The van der Waals surface area contributed by atoms with Gasteiger partial charge in [-0.2, -0.15) is 0 Å². The van der Waals surface area contributed by atoms with Crippen LogP contribution in [-0.2, 0) is 14.4 Å². The molecule has 29 heavy (non-hydrogen) atoms. The van der Waals surface area contributed by atoms with Gasteiger partial charge in [-0.3, -0.25) is 14.4 Å². The Kier molecular flexibility index (Phi) is 14.4. The topological polar surface area (TPSA) is 99.3 Å². The molecular formula is C22H40N4O3. The number of allylic oxidation sites excluding steroid dienone is 1. The van der Waals surface area contributed by atoms with E-state index >= 15 is 0 Å². The van der Waals surface area contributed by atoms with Crippen LogP contribution >= 0.6 is 0 Å². The molecule has 7 heteroatoms. The summed E-state index contributed by atoms with van der Waals surface area (Å²) in [4.78, 5) is 34.7. The highest BCUT2D eigenvalue weighted by Crippen LogP contribution is 2.27. The normalized spacial score (nSPS) is 10.7. The molecule has 0 radical (unpaired) electrons. The third kappa shape index (κ3) is 16.4.